The number of carbonyl (C=O) groups is 2. The molecule has 5 nitrogen and oxygen atoms in total. The molecule has 0 aromatic heterocycles. The van der Waals surface area contributed by atoms with Gasteiger partial charge < -0.3 is 15.5 Å². The molecule has 0 bridgehead atoms. The van der Waals surface area contributed by atoms with Crippen LogP contribution in [0.15, 0.2) is 41.8 Å². The minimum Gasteiger partial charge on any atom is -0.348 e. The lowest BCUT2D eigenvalue weighted by Crippen LogP contribution is -3.11. The summed E-state index contributed by atoms with van der Waals surface area (Å²) < 4.78 is 0. The highest BCUT2D eigenvalue weighted by molar-refractivity contribution is 7.99. The van der Waals surface area contributed by atoms with E-state index in [0.717, 1.165) is 34.1 Å². The zero-order valence-corrected chi connectivity index (χ0v) is 14.2. The van der Waals surface area contributed by atoms with E-state index in [1.165, 1.54) is 0 Å². The molecule has 1 saturated carbocycles. The molecule has 1 unspecified atom stereocenters. The summed E-state index contributed by atoms with van der Waals surface area (Å²) in [4.78, 5) is 25.8. The molecule has 1 atom stereocenters. The predicted octanol–water partition coefficient (Wildman–Crippen LogP) is 0.697. The summed E-state index contributed by atoms with van der Waals surface area (Å²) in [6.45, 7) is 4.29. The van der Waals surface area contributed by atoms with Crippen LogP contribution in [-0.4, -0.2) is 43.7 Å². The number of nitrogens with one attached hydrogen (secondary N) is 3. The van der Waals surface area contributed by atoms with Crippen LogP contribution in [0.25, 0.3) is 0 Å². The van der Waals surface area contributed by atoms with Crippen molar-refractivity contribution in [1.29, 1.82) is 0 Å². The third kappa shape index (κ3) is 6.46. The van der Waals surface area contributed by atoms with Gasteiger partial charge in [-0.1, -0.05) is 18.2 Å². The highest BCUT2D eigenvalue weighted by atomic mass is 32.2. The Morgan fingerprint density at radius 3 is 2.70 bits per heavy atom. The number of para-hydroxylation sites is 1. The van der Waals surface area contributed by atoms with Gasteiger partial charge >= 0.3 is 0 Å². The molecule has 0 saturated heterocycles. The minimum atomic E-state index is -0.0895. The van der Waals surface area contributed by atoms with Crippen LogP contribution in [0.4, 0.5) is 5.69 Å². The zero-order chi connectivity index (χ0) is 16.7. The van der Waals surface area contributed by atoms with Crippen molar-refractivity contribution in [3.63, 3.8) is 0 Å². The highest BCUT2D eigenvalue weighted by Gasteiger charge is 2.24. The molecule has 1 aliphatic rings. The third-order valence-electron chi connectivity index (χ3n) is 3.38. The first kappa shape index (κ1) is 17.6. The smallest absolute Gasteiger partial charge is 0.279 e. The number of thioether (sulfide) groups is 1. The van der Waals surface area contributed by atoms with E-state index in [1.54, 1.807) is 11.8 Å². The average molecular weight is 334 g/mol. The predicted molar refractivity (Wildman–Crippen MR) is 93.8 cm³/mol. The summed E-state index contributed by atoms with van der Waals surface area (Å²) in [7, 11) is 1.85. The first-order valence-electron chi connectivity index (χ1n) is 7.81. The summed E-state index contributed by atoms with van der Waals surface area (Å²) in [6.07, 6.45) is 3.98. The third-order valence-corrected chi connectivity index (χ3v) is 4.45. The average Bonchev–Trinajstić information content (AvgIpc) is 3.29. The van der Waals surface area contributed by atoms with Gasteiger partial charge in [0.05, 0.1) is 12.7 Å². The number of anilines is 1. The summed E-state index contributed by atoms with van der Waals surface area (Å²) in [6, 6.07) is 8.06. The van der Waals surface area contributed by atoms with Gasteiger partial charge in [0.1, 0.15) is 0 Å². The molecule has 1 aliphatic carbocycles. The van der Waals surface area contributed by atoms with Crippen LogP contribution in [0.5, 0.6) is 0 Å². The van der Waals surface area contributed by atoms with Gasteiger partial charge in [-0.05, 0) is 25.0 Å². The molecule has 0 aliphatic heterocycles. The second-order valence-electron chi connectivity index (χ2n) is 5.80. The van der Waals surface area contributed by atoms with E-state index < -0.39 is 0 Å². The highest BCUT2D eigenvalue weighted by Crippen LogP contribution is 2.26. The standard InChI is InChI=1S/C17H23N3O2S/c1-3-10-23-15-7-5-4-6-14(15)19-17(22)12-20(2)11-16(21)18-13-8-9-13/h3-7,13H,1,8-12H2,2H3,(H,18,21)(H,19,22)/p+1. The summed E-state index contributed by atoms with van der Waals surface area (Å²) in [5, 5.41) is 5.87. The minimum absolute atomic E-state index is 0.0136. The maximum atomic E-state index is 12.2. The van der Waals surface area contributed by atoms with Crippen molar-refractivity contribution in [1.82, 2.24) is 5.32 Å². The number of quaternary nitrogens is 1. The van der Waals surface area contributed by atoms with Crippen molar-refractivity contribution >= 4 is 29.3 Å². The largest absolute Gasteiger partial charge is 0.348 e. The summed E-state index contributed by atoms with van der Waals surface area (Å²) in [5.74, 6) is 0.715. The Kier molecular flexibility index (Phi) is 6.67. The molecular weight excluding hydrogens is 310 g/mol. The fourth-order valence-electron chi connectivity index (χ4n) is 2.16. The van der Waals surface area contributed by atoms with Crippen molar-refractivity contribution in [3.05, 3.63) is 36.9 Å². The first-order valence-corrected chi connectivity index (χ1v) is 8.80. The number of benzene rings is 1. The summed E-state index contributed by atoms with van der Waals surface area (Å²) >= 11 is 1.63. The molecule has 1 aromatic rings. The lowest BCUT2D eigenvalue weighted by atomic mass is 10.3. The van der Waals surface area contributed by atoms with Crippen molar-refractivity contribution < 1.29 is 14.5 Å². The fourth-order valence-corrected chi connectivity index (χ4v) is 2.90. The van der Waals surface area contributed by atoms with E-state index in [1.807, 2.05) is 37.4 Å². The van der Waals surface area contributed by atoms with Gasteiger partial charge in [-0.25, -0.2) is 0 Å². The van der Waals surface area contributed by atoms with Crippen LogP contribution in [-0.2, 0) is 9.59 Å². The van der Waals surface area contributed by atoms with Gasteiger partial charge in [0.2, 0.25) is 0 Å². The van der Waals surface area contributed by atoms with Gasteiger partial charge in [-0.3, -0.25) is 9.59 Å². The van der Waals surface area contributed by atoms with E-state index in [9.17, 15) is 9.59 Å². The number of carbonyl (C=O) groups excluding carboxylic acids is 2. The molecule has 124 valence electrons. The van der Waals surface area contributed by atoms with Crippen LogP contribution in [0.3, 0.4) is 0 Å². The maximum absolute atomic E-state index is 12.2. The molecule has 2 amide bonds. The SMILES string of the molecule is C=CCSc1ccccc1NC(=O)C[NH+](C)CC(=O)NC1CC1. The lowest BCUT2D eigenvalue weighted by Gasteiger charge is -2.14. The molecule has 3 N–H and O–H groups in total. The maximum Gasteiger partial charge on any atom is 0.279 e. The molecule has 2 rings (SSSR count). The second kappa shape index (κ2) is 8.74. The number of amides is 2. The van der Waals surface area contributed by atoms with Crippen LogP contribution in [0, 0.1) is 0 Å². The summed E-state index contributed by atoms with van der Waals surface area (Å²) in [5.41, 5.74) is 0.805. The van der Waals surface area contributed by atoms with Crippen LogP contribution in [0.1, 0.15) is 12.8 Å². The Morgan fingerprint density at radius 1 is 1.30 bits per heavy atom. The molecule has 0 radical (unpaired) electrons. The number of rotatable bonds is 9. The van der Waals surface area contributed by atoms with E-state index in [-0.39, 0.29) is 18.4 Å². The Labute approximate surface area is 141 Å². The number of hydrogen-bond donors (Lipinski definition) is 3. The van der Waals surface area contributed by atoms with E-state index in [0.29, 0.717) is 12.6 Å². The van der Waals surface area contributed by atoms with Crippen molar-refractivity contribution in [2.75, 3.05) is 31.2 Å². The molecule has 1 aromatic carbocycles. The normalized spacial score (nSPS) is 14.8. The van der Waals surface area contributed by atoms with Crippen molar-refractivity contribution in [2.24, 2.45) is 0 Å². The van der Waals surface area contributed by atoms with Gasteiger partial charge in [-0.2, -0.15) is 0 Å². The van der Waals surface area contributed by atoms with E-state index >= 15 is 0 Å². The molecular formula is C17H24N3O2S+. The lowest BCUT2D eigenvalue weighted by molar-refractivity contribution is -0.862. The number of hydrogen-bond acceptors (Lipinski definition) is 3. The van der Waals surface area contributed by atoms with Crippen LogP contribution in [0.2, 0.25) is 0 Å². The second-order valence-corrected chi connectivity index (χ2v) is 6.86. The van der Waals surface area contributed by atoms with Gasteiger partial charge in [0, 0.05) is 16.7 Å². The zero-order valence-electron chi connectivity index (χ0n) is 13.4. The monoisotopic (exact) mass is 334 g/mol. The molecule has 23 heavy (non-hydrogen) atoms. The van der Waals surface area contributed by atoms with Crippen LogP contribution >= 0.6 is 11.8 Å². The molecule has 0 spiro atoms. The quantitative estimate of drug-likeness (QED) is 0.460. The van der Waals surface area contributed by atoms with Gasteiger partial charge in [-0.15, -0.1) is 18.3 Å². The Bertz CT molecular complexity index is 573. The van der Waals surface area contributed by atoms with E-state index in [4.69, 9.17) is 0 Å². The Morgan fingerprint density at radius 2 is 2.00 bits per heavy atom. The fraction of sp³-hybridized carbons (Fsp3) is 0.412. The topological polar surface area (TPSA) is 62.6 Å². The molecule has 1 fully saturated rings. The molecule has 0 heterocycles. The van der Waals surface area contributed by atoms with Crippen molar-refractivity contribution in [2.45, 2.75) is 23.8 Å². The van der Waals surface area contributed by atoms with Crippen LogP contribution < -0.4 is 15.5 Å². The first-order chi connectivity index (χ1) is 11.1. The van der Waals surface area contributed by atoms with Gasteiger partial charge in [0.15, 0.2) is 13.1 Å². The molecule has 6 heteroatoms. The number of likely N-dealkylation sites (N-methyl/N-ethyl adjacent to an activating group) is 1. The van der Waals surface area contributed by atoms with E-state index in [2.05, 4.69) is 17.2 Å². The van der Waals surface area contributed by atoms with Gasteiger partial charge in [0.25, 0.3) is 11.8 Å². The Hall–Kier alpha value is -1.79. The Balaban J connectivity index is 1.81. The van der Waals surface area contributed by atoms with Crippen molar-refractivity contribution in [3.8, 4) is 0 Å².